The molecule has 0 aromatic carbocycles. The number of unbranched alkanes of at least 4 members (excludes halogenated alkanes) is 2. The molecule has 11 heteroatoms. The van der Waals surface area contributed by atoms with Crippen LogP contribution in [0.25, 0.3) is 0 Å². The van der Waals surface area contributed by atoms with E-state index in [1.807, 2.05) is 0 Å². The quantitative estimate of drug-likeness (QED) is 0.351. The number of carboxylic acids is 2. The zero-order chi connectivity index (χ0) is 18.6. The van der Waals surface area contributed by atoms with Crippen LogP contribution < -0.4 is 0 Å². The van der Waals surface area contributed by atoms with E-state index in [-0.39, 0.29) is 28.9 Å². The first-order valence-electron chi connectivity index (χ1n) is 7.46. The number of hydrogen-bond acceptors (Lipinski definition) is 7. The Labute approximate surface area is 157 Å². The Hall–Kier alpha value is -1.59. The molecule has 2 fully saturated rings. The molecule has 2 rings (SSSR count). The van der Waals surface area contributed by atoms with Gasteiger partial charge in [0.1, 0.15) is 15.8 Å². The molecule has 0 atom stereocenters. The van der Waals surface area contributed by atoms with Gasteiger partial charge in [0, 0.05) is 13.0 Å². The third-order valence-corrected chi connectivity index (χ3v) is 6.14. The molecule has 2 aliphatic heterocycles. The molecule has 0 saturated carbocycles. The zero-order valence-electron chi connectivity index (χ0n) is 13.1. The average molecular weight is 404 g/mol. The van der Waals surface area contributed by atoms with Crippen molar-refractivity contribution in [2.75, 3.05) is 18.8 Å². The molecule has 2 heterocycles. The number of nitrogens with zero attached hydrogens (tertiary/aromatic N) is 2. The van der Waals surface area contributed by atoms with Gasteiger partial charge in [0.2, 0.25) is 5.91 Å². The number of rotatable bonds is 8. The highest BCUT2D eigenvalue weighted by Crippen LogP contribution is 2.41. The Morgan fingerprint density at radius 3 is 2.44 bits per heavy atom. The van der Waals surface area contributed by atoms with E-state index in [0.29, 0.717) is 35.2 Å². The molecule has 0 unspecified atom stereocenters. The van der Waals surface area contributed by atoms with Crippen molar-refractivity contribution in [1.29, 1.82) is 0 Å². The normalized spacial score (nSPS) is 20.7. The molecule has 0 radical (unpaired) electrons. The molecule has 2 N–H and O–H groups in total. The van der Waals surface area contributed by atoms with E-state index in [9.17, 15) is 19.2 Å². The van der Waals surface area contributed by atoms with Crippen LogP contribution >= 0.6 is 35.7 Å². The monoisotopic (exact) mass is 404 g/mol. The summed E-state index contributed by atoms with van der Waals surface area (Å²) < 4.78 is 0.362. The molecule has 25 heavy (non-hydrogen) atoms. The van der Waals surface area contributed by atoms with Gasteiger partial charge in [-0.25, -0.2) is 0 Å². The third-order valence-electron chi connectivity index (χ3n) is 3.49. The fourth-order valence-corrected chi connectivity index (χ4v) is 4.86. The van der Waals surface area contributed by atoms with E-state index in [0.717, 1.165) is 28.4 Å². The number of aliphatic carboxylic acids is 2. The summed E-state index contributed by atoms with van der Waals surface area (Å²) in [6, 6.07) is 0. The maximum absolute atomic E-state index is 12.6. The van der Waals surface area contributed by atoms with Crippen molar-refractivity contribution in [3.05, 3.63) is 9.93 Å². The maximum Gasteiger partial charge on any atom is 0.323 e. The second kappa shape index (κ2) is 8.68. The van der Waals surface area contributed by atoms with Gasteiger partial charge < -0.3 is 10.2 Å². The van der Waals surface area contributed by atoms with Crippen molar-refractivity contribution >= 4 is 63.8 Å². The molecule has 0 aliphatic carbocycles. The minimum absolute atomic E-state index is 0.0886. The van der Waals surface area contributed by atoms with Crippen LogP contribution in [-0.2, 0) is 19.2 Å². The highest BCUT2D eigenvalue weighted by Gasteiger charge is 2.39. The Kier molecular flexibility index (Phi) is 6.85. The Balaban J connectivity index is 2.03. The van der Waals surface area contributed by atoms with Crippen LogP contribution in [0.1, 0.15) is 25.7 Å². The molecular weight excluding hydrogens is 388 g/mol. The first-order chi connectivity index (χ1) is 11.8. The highest BCUT2D eigenvalue weighted by atomic mass is 32.2. The van der Waals surface area contributed by atoms with Gasteiger partial charge in [-0.05, 0) is 12.8 Å². The Morgan fingerprint density at radius 1 is 1.08 bits per heavy atom. The van der Waals surface area contributed by atoms with Gasteiger partial charge in [0.25, 0.3) is 5.91 Å². The first kappa shape index (κ1) is 19.7. The van der Waals surface area contributed by atoms with Gasteiger partial charge in [-0.2, -0.15) is 0 Å². The van der Waals surface area contributed by atoms with Crippen molar-refractivity contribution in [3.63, 3.8) is 0 Å². The molecular formula is C14H16N2O6S3. The maximum atomic E-state index is 12.6. The minimum Gasteiger partial charge on any atom is -0.481 e. The SMILES string of the molecule is O=C(O)CCCCCN1C(=O)/C(=C2\SCC(=O)N2CC(=O)O)SC1=S. The van der Waals surface area contributed by atoms with Crippen LogP contribution in [0, 0.1) is 0 Å². The average Bonchev–Trinajstić information content (AvgIpc) is 3.00. The smallest absolute Gasteiger partial charge is 0.323 e. The number of carboxylic acid groups (broad SMARTS) is 2. The van der Waals surface area contributed by atoms with Crippen LogP contribution in [0.15, 0.2) is 9.93 Å². The van der Waals surface area contributed by atoms with Crippen LogP contribution in [-0.4, -0.2) is 66.9 Å². The fraction of sp³-hybridized carbons (Fsp3) is 0.500. The van der Waals surface area contributed by atoms with Gasteiger partial charge in [0.05, 0.1) is 10.8 Å². The van der Waals surface area contributed by atoms with Gasteiger partial charge in [0.15, 0.2) is 0 Å². The van der Waals surface area contributed by atoms with E-state index in [1.165, 1.54) is 4.90 Å². The summed E-state index contributed by atoms with van der Waals surface area (Å²) in [4.78, 5) is 48.6. The lowest BCUT2D eigenvalue weighted by Gasteiger charge is -2.16. The molecule has 2 saturated heterocycles. The topological polar surface area (TPSA) is 115 Å². The second-order valence-electron chi connectivity index (χ2n) is 5.33. The van der Waals surface area contributed by atoms with Crippen LogP contribution in [0.4, 0.5) is 0 Å². The van der Waals surface area contributed by atoms with Crippen LogP contribution in [0.3, 0.4) is 0 Å². The van der Waals surface area contributed by atoms with Gasteiger partial charge >= 0.3 is 11.9 Å². The zero-order valence-corrected chi connectivity index (χ0v) is 15.5. The van der Waals surface area contributed by atoms with Gasteiger partial charge in [-0.1, -0.05) is 42.2 Å². The predicted molar refractivity (Wildman–Crippen MR) is 96.8 cm³/mol. The van der Waals surface area contributed by atoms with E-state index < -0.39 is 18.5 Å². The van der Waals surface area contributed by atoms with Gasteiger partial charge in [-0.15, -0.1) is 0 Å². The lowest BCUT2D eigenvalue weighted by atomic mass is 10.2. The van der Waals surface area contributed by atoms with Crippen molar-refractivity contribution in [3.8, 4) is 0 Å². The summed E-state index contributed by atoms with van der Waals surface area (Å²) in [5.41, 5.74) is 0. The standard InChI is InChI=1S/C14H16N2O6S3/c17-8-7-24-13(16(8)6-10(20)21)11-12(22)15(14(23)25-11)5-3-1-2-4-9(18)19/h1-7H2,(H,18,19)(H,20,21)/b13-11+. The van der Waals surface area contributed by atoms with Crippen molar-refractivity contribution in [2.24, 2.45) is 0 Å². The summed E-state index contributed by atoms with van der Waals surface area (Å²) >= 11 is 7.42. The molecule has 0 bridgehead atoms. The number of hydrogen-bond donors (Lipinski definition) is 2. The number of thioether (sulfide) groups is 2. The predicted octanol–water partition coefficient (Wildman–Crippen LogP) is 1.32. The molecule has 0 spiro atoms. The lowest BCUT2D eigenvalue weighted by molar-refractivity contribution is -0.141. The van der Waals surface area contributed by atoms with Crippen molar-refractivity contribution in [2.45, 2.75) is 25.7 Å². The Bertz CT molecular complexity index is 663. The Morgan fingerprint density at radius 2 is 1.80 bits per heavy atom. The second-order valence-corrected chi connectivity index (χ2v) is 7.93. The molecule has 0 aromatic rings. The molecule has 2 aliphatic rings. The third kappa shape index (κ3) is 4.95. The molecule has 136 valence electrons. The highest BCUT2D eigenvalue weighted by molar-refractivity contribution is 8.27. The van der Waals surface area contributed by atoms with E-state index in [1.54, 1.807) is 0 Å². The molecule has 0 aromatic heterocycles. The van der Waals surface area contributed by atoms with E-state index >= 15 is 0 Å². The van der Waals surface area contributed by atoms with Gasteiger partial charge in [-0.3, -0.25) is 29.0 Å². The number of thiocarbonyl (C=S) groups is 1. The summed E-state index contributed by atoms with van der Waals surface area (Å²) in [6.07, 6.45) is 1.90. The summed E-state index contributed by atoms with van der Waals surface area (Å²) in [5, 5.41) is 17.9. The fourth-order valence-electron chi connectivity index (χ4n) is 2.32. The molecule has 2 amide bonds. The van der Waals surface area contributed by atoms with Crippen LogP contribution in [0.2, 0.25) is 0 Å². The largest absolute Gasteiger partial charge is 0.481 e. The first-order valence-corrected chi connectivity index (χ1v) is 9.67. The summed E-state index contributed by atoms with van der Waals surface area (Å²) in [7, 11) is 0. The lowest BCUT2D eigenvalue weighted by Crippen LogP contribution is -2.32. The number of carbonyl (C=O) groups excluding carboxylic acids is 2. The van der Waals surface area contributed by atoms with Crippen molar-refractivity contribution < 1.29 is 29.4 Å². The van der Waals surface area contributed by atoms with E-state index in [2.05, 4.69) is 0 Å². The minimum atomic E-state index is -1.15. The summed E-state index contributed by atoms with van der Waals surface area (Å²) in [6.45, 7) is -0.112. The molecule has 8 nitrogen and oxygen atoms in total. The number of carbonyl (C=O) groups is 4. The summed E-state index contributed by atoms with van der Waals surface area (Å²) in [5.74, 6) is -2.58. The number of amides is 2. The van der Waals surface area contributed by atoms with Crippen molar-refractivity contribution in [1.82, 2.24) is 9.80 Å². The van der Waals surface area contributed by atoms with Crippen LogP contribution in [0.5, 0.6) is 0 Å². The van der Waals surface area contributed by atoms with E-state index in [4.69, 9.17) is 22.4 Å².